The summed E-state index contributed by atoms with van der Waals surface area (Å²) in [4.78, 5) is 37.7. The largest absolute Gasteiger partial charge is 0.486 e. The second kappa shape index (κ2) is 18.3. The summed E-state index contributed by atoms with van der Waals surface area (Å²) in [5, 5.41) is 33.1. The van der Waals surface area contributed by atoms with Crippen molar-refractivity contribution in [3.05, 3.63) is 62.6 Å². The van der Waals surface area contributed by atoms with Crippen molar-refractivity contribution in [2.75, 3.05) is 13.7 Å². The number of carbonyl (C=O) groups is 3. The van der Waals surface area contributed by atoms with E-state index in [1.807, 2.05) is 45.0 Å². The Kier molecular flexibility index (Phi) is 15.1. The molecule has 0 bridgehead atoms. The number of halogens is 2. The van der Waals surface area contributed by atoms with Crippen molar-refractivity contribution in [1.82, 2.24) is 5.32 Å². The number of esters is 1. The fourth-order valence-corrected chi connectivity index (χ4v) is 5.93. The van der Waals surface area contributed by atoms with Crippen molar-refractivity contribution in [2.24, 2.45) is 0 Å². The van der Waals surface area contributed by atoms with Crippen LogP contribution in [-0.4, -0.2) is 82.9 Å². The van der Waals surface area contributed by atoms with Gasteiger partial charge in [0.05, 0.1) is 16.7 Å². The molecule has 1 fully saturated rings. The van der Waals surface area contributed by atoms with E-state index in [0.29, 0.717) is 24.8 Å². The average Bonchev–Trinajstić information content (AvgIpc) is 3.02. The zero-order valence-corrected chi connectivity index (χ0v) is 29.6. The van der Waals surface area contributed by atoms with Crippen LogP contribution in [0, 0.1) is 6.92 Å². The first-order chi connectivity index (χ1) is 22.6. The number of ketones is 1. The van der Waals surface area contributed by atoms with Gasteiger partial charge in [-0.05, 0) is 63.3 Å². The molecule has 0 spiro atoms. The second-order valence-corrected chi connectivity index (χ2v) is 13.7. The molecule has 48 heavy (non-hydrogen) atoms. The van der Waals surface area contributed by atoms with E-state index < -0.39 is 48.8 Å². The number of rotatable bonds is 16. The third-order valence-corrected chi connectivity index (χ3v) is 8.59. The summed E-state index contributed by atoms with van der Waals surface area (Å²) in [5.41, 5.74) is 1.65. The lowest BCUT2D eigenvalue weighted by Gasteiger charge is -2.41. The average molecular weight is 713 g/mol. The maximum Gasteiger partial charge on any atom is 0.306 e. The zero-order valence-electron chi connectivity index (χ0n) is 28.1. The first-order valence-corrected chi connectivity index (χ1v) is 16.8. The van der Waals surface area contributed by atoms with E-state index in [9.17, 15) is 29.7 Å². The minimum absolute atomic E-state index is 0.0808. The third-order valence-electron chi connectivity index (χ3n) is 7.86. The van der Waals surface area contributed by atoms with Crippen LogP contribution in [0.2, 0.25) is 10.0 Å². The van der Waals surface area contributed by atoms with Crippen LogP contribution in [0.4, 0.5) is 0 Å². The van der Waals surface area contributed by atoms with Crippen LogP contribution < -0.4 is 10.1 Å². The van der Waals surface area contributed by atoms with E-state index in [1.165, 1.54) is 13.2 Å². The zero-order chi connectivity index (χ0) is 35.6. The Labute approximate surface area is 291 Å². The second-order valence-electron chi connectivity index (χ2n) is 12.9. The molecule has 0 aliphatic carbocycles. The minimum atomic E-state index is -1.48. The molecule has 266 valence electrons. The topological polar surface area (TPSA) is 161 Å². The van der Waals surface area contributed by atoms with Crippen molar-refractivity contribution < 1.29 is 48.7 Å². The summed E-state index contributed by atoms with van der Waals surface area (Å²) in [5.74, 6) is -0.540. The summed E-state index contributed by atoms with van der Waals surface area (Å²) in [6, 6.07) is 7.71. The normalized spacial score (nSPS) is 21.1. The Morgan fingerprint density at radius 3 is 2.29 bits per heavy atom. The molecule has 1 saturated heterocycles. The van der Waals surface area contributed by atoms with Crippen LogP contribution in [-0.2, 0) is 36.8 Å². The van der Waals surface area contributed by atoms with Gasteiger partial charge in [0.1, 0.15) is 42.3 Å². The molecule has 11 nitrogen and oxygen atoms in total. The van der Waals surface area contributed by atoms with E-state index in [1.54, 1.807) is 6.92 Å². The van der Waals surface area contributed by atoms with Crippen molar-refractivity contribution >= 4 is 40.9 Å². The maximum absolute atomic E-state index is 13.2. The molecule has 2 aromatic rings. The summed E-state index contributed by atoms with van der Waals surface area (Å²) in [6.07, 6.45) is -0.805. The highest BCUT2D eigenvalue weighted by Crippen LogP contribution is 2.38. The lowest BCUT2D eigenvalue weighted by Crippen LogP contribution is -2.64. The van der Waals surface area contributed by atoms with Gasteiger partial charge in [-0.15, -0.1) is 0 Å². The molecule has 0 aromatic heterocycles. The molecule has 1 amide bonds. The lowest BCUT2D eigenvalue weighted by molar-refractivity contribution is -0.261. The molecule has 0 saturated carbocycles. The number of aliphatic hydroxyl groups is 3. The van der Waals surface area contributed by atoms with Gasteiger partial charge in [0, 0.05) is 31.9 Å². The van der Waals surface area contributed by atoms with E-state index in [4.69, 9.17) is 42.1 Å². The summed E-state index contributed by atoms with van der Waals surface area (Å²) < 4.78 is 22.0. The maximum atomic E-state index is 13.2. The quantitative estimate of drug-likeness (QED) is 0.140. The van der Waals surface area contributed by atoms with Crippen LogP contribution in [0.25, 0.3) is 0 Å². The van der Waals surface area contributed by atoms with E-state index in [-0.39, 0.29) is 39.7 Å². The van der Waals surface area contributed by atoms with E-state index >= 15 is 0 Å². The van der Waals surface area contributed by atoms with Crippen LogP contribution in [0.15, 0.2) is 30.3 Å². The molecule has 4 N–H and O–H groups in total. The highest BCUT2D eigenvalue weighted by atomic mass is 35.5. The Hall–Kier alpha value is -2.77. The van der Waals surface area contributed by atoms with Crippen molar-refractivity contribution in [3.63, 3.8) is 0 Å². The van der Waals surface area contributed by atoms with Gasteiger partial charge in [-0.3, -0.25) is 14.4 Å². The Balaban J connectivity index is 1.53. The number of ether oxygens (including phenoxy) is 4. The molecule has 0 radical (unpaired) electrons. The fraction of sp³-hybridized carbons (Fsp3) is 0.571. The van der Waals surface area contributed by atoms with Crippen LogP contribution in [0.3, 0.4) is 0 Å². The highest BCUT2D eigenvalue weighted by molar-refractivity contribution is 6.38. The molecule has 0 unspecified atom stereocenters. The predicted octanol–water partition coefficient (Wildman–Crippen LogP) is 4.86. The van der Waals surface area contributed by atoms with Gasteiger partial charge in [0.15, 0.2) is 12.0 Å². The molecule has 2 aromatic carbocycles. The highest BCUT2D eigenvalue weighted by Gasteiger charge is 2.45. The molecular formula is C35H47Cl2NO10. The standard InChI is InChI=1S/C35H47Cl2NO10/c1-20-24(33(44)38-29-31(43)30(42)26(18-39)47-34(29)45-5)17-25(36)32(28(20)37)46-19-22-12-10-11-21(15-22)16-23(40)13-8-6-7-9-14-27(41)48-35(2,3)4/h10-12,15,17,26,29-31,34,39,42-43H,6-9,13-14,16,18-19H2,1-5H3,(H,38,44)/t26-,29-,30-,31-,34+/m1/s1. The number of amides is 1. The number of Topliss-reactive ketones (excluding diaryl/α,β-unsaturated/α-hetero) is 1. The van der Waals surface area contributed by atoms with Gasteiger partial charge < -0.3 is 39.6 Å². The van der Waals surface area contributed by atoms with Crippen LogP contribution >= 0.6 is 23.2 Å². The SMILES string of the molecule is CO[C@H]1O[C@H](CO)[C@@H](O)[C@H](O)[C@H]1NC(=O)c1cc(Cl)c(OCc2cccc(CC(=O)CCCCCCC(=O)OC(C)(C)C)c2)c(Cl)c1C. The smallest absolute Gasteiger partial charge is 0.306 e. The number of carbonyl (C=O) groups excluding carboxylic acids is 3. The number of hydrogen-bond acceptors (Lipinski definition) is 10. The van der Waals surface area contributed by atoms with Crippen molar-refractivity contribution in [1.29, 1.82) is 0 Å². The van der Waals surface area contributed by atoms with Gasteiger partial charge in [0.25, 0.3) is 5.91 Å². The molecule has 3 rings (SSSR count). The number of benzene rings is 2. The summed E-state index contributed by atoms with van der Waals surface area (Å²) >= 11 is 13.1. The Morgan fingerprint density at radius 2 is 1.65 bits per heavy atom. The monoisotopic (exact) mass is 711 g/mol. The van der Waals surface area contributed by atoms with Crippen LogP contribution in [0.1, 0.15) is 86.3 Å². The molecular weight excluding hydrogens is 665 g/mol. The number of aliphatic hydroxyl groups excluding tert-OH is 3. The van der Waals surface area contributed by atoms with Crippen LogP contribution in [0.5, 0.6) is 5.75 Å². The fourth-order valence-electron chi connectivity index (χ4n) is 5.37. The predicted molar refractivity (Wildman–Crippen MR) is 180 cm³/mol. The minimum Gasteiger partial charge on any atom is -0.486 e. The summed E-state index contributed by atoms with van der Waals surface area (Å²) in [6.45, 7) is 6.71. The van der Waals surface area contributed by atoms with Gasteiger partial charge in [-0.1, -0.05) is 60.3 Å². The molecule has 1 aliphatic rings. The Morgan fingerprint density at radius 1 is 0.979 bits per heavy atom. The molecule has 1 aliphatic heterocycles. The van der Waals surface area contributed by atoms with Gasteiger partial charge in [-0.25, -0.2) is 0 Å². The first-order valence-electron chi connectivity index (χ1n) is 16.0. The molecule has 5 atom stereocenters. The van der Waals surface area contributed by atoms with Gasteiger partial charge >= 0.3 is 5.97 Å². The third kappa shape index (κ3) is 11.4. The van der Waals surface area contributed by atoms with Crippen molar-refractivity contribution in [2.45, 2.75) is 115 Å². The van der Waals surface area contributed by atoms with E-state index in [2.05, 4.69) is 5.32 Å². The van der Waals surface area contributed by atoms with Crippen molar-refractivity contribution in [3.8, 4) is 5.75 Å². The first kappa shape index (κ1) is 39.7. The van der Waals surface area contributed by atoms with Gasteiger partial charge in [-0.2, -0.15) is 0 Å². The number of hydrogen-bond donors (Lipinski definition) is 4. The Bertz CT molecular complexity index is 1410. The lowest BCUT2D eigenvalue weighted by atomic mass is 9.96. The molecule has 1 heterocycles. The number of unbranched alkanes of at least 4 members (excludes halogenated alkanes) is 3. The summed E-state index contributed by atoms with van der Waals surface area (Å²) in [7, 11) is 1.31. The van der Waals surface area contributed by atoms with E-state index in [0.717, 1.165) is 36.8 Å². The molecule has 13 heteroatoms. The number of nitrogens with one attached hydrogen (secondary N) is 1. The van der Waals surface area contributed by atoms with Gasteiger partial charge in [0.2, 0.25) is 0 Å². The number of methoxy groups -OCH3 is 1.